The van der Waals surface area contributed by atoms with Gasteiger partial charge in [0, 0.05) is 39.2 Å². The van der Waals surface area contributed by atoms with Gasteiger partial charge in [0.15, 0.2) is 5.96 Å². The van der Waals surface area contributed by atoms with E-state index in [1.54, 1.807) is 19.0 Å². The highest BCUT2D eigenvalue weighted by Gasteiger charge is 2.16. The number of carbonyl (C=O) groups is 1. The van der Waals surface area contributed by atoms with E-state index >= 15 is 0 Å². The molecule has 152 valence electrons. The van der Waals surface area contributed by atoms with Crippen molar-refractivity contribution in [3.63, 3.8) is 0 Å². The maximum absolute atomic E-state index is 11.8. The average molecular weight is 370 g/mol. The molecule has 26 heavy (non-hydrogen) atoms. The van der Waals surface area contributed by atoms with Crippen LogP contribution in [-0.4, -0.2) is 87.7 Å². The first-order valence-electron chi connectivity index (χ1n) is 10.0. The summed E-state index contributed by atoms with van der Waals surface area (Å²) in [6.07, 6.45) is 3.30. The molecule has 0 bridgehead atoms. The van der Waals surface area contributed by atoms with Gasteiger partial charge in [-0.25, -0.2) is 4.99 Å². The molecule has 0 radical (unpaired) electrons. The van der Waals surface area contributed by atoms with Crippen molar-refractivity contribution >= 4 is 11.9 Å². The van der Waals surface area contributed by atoms with Crippen LogP contribution < -0.4 is 10.6 Å². The van der Waals surface area contributed by atoms with Crippen LogP contribution in [0, 0.1) is 5.92 Å². The second-order valence-corrected chi connectivity index (χ2v) is 7.28. The number of amides is 1. The van der Waals surface area contributed by atoms with Gasteiger partial charge in [0.05, 0.1) is 6.61 Å². The minimum Gasteiger partial charge on any atom is -0.381 e. The number of carbonyl (C=O) groups excluding carboxylic acids is 1. The summed E-state index contributed by atoms with van der Waals surface area (Å²) in [5, 5.41) is 6.84. The fraction of sp³-hybridized carbons (Fsp3) is 0.895. The molecule has 1 amide bonds. The largest absolute Gasteiger partial charge is 0.381 e. The summed E-state index contributed by atoms with van der Waals surface area (Å²) in [4.78, 5) is 20.3. The van der Waals surface area contributed by atoms with Crippen molar-refractivity contribution < 1.29 is 9.53 Å². The van der Waals surface area contributed by atoms with Crippen molar-refractivity contribution in [3.05, 3.63) is 0 Å². The number of likely N-dealkylation sites (N-methyl/N-ethyl adjacent to an activating group) is 1. The Hall–Kier alpha value is -1.34. The zero-order valence-electron chi connectivity index (χ0n) is 17.4. The molecule has 1 fully saturated rings. The first-order valence-corrected chi connectivity index (χ1v) is 10.0. The number of guanidine groups is 1. The molecule has 0 saturated carbocycles. The van der Waals surface area contributed by atoms with E-state index in [0.717, 1.165) is 64.6 Å². The Labute approximate surface area is 159 Å². The maximum Gasteiger partial charge on any atom is 0.243 e. The van der Waals surface area contributed by atoms with Crippen molar-refractivity contribution in [2.45, 2.75) is 46.1 Å². The second-order valence-electron chi connectivity index (χ2n) is 7.28. The minimum absolute atomic E-state index is 0.00415. The van der Waals surface area contributed by atoms with Gasteiger partial charge in [0.2, 0.25) is 5.91 Å². The fourth-order valence-electron chi connectivity index (χ4n) is 2.89. The first kappa shape index (κ1) is 22.7. The number of hydrogen-bond donors (Lipinski definition) is 2. The predicted octanol–water partition coefficient (Wildman–Crippen LogP) is 1.16. The summed E-state index contributed by atoms with van der Waals surface area (Å²) in [7, 11) is 3.51. The molecule has 0 aromatic rings. The molecule has 1 heterocycles. The van der Waals surface area contributed by atoms with Gasteiger partial charge in [0.1, 0.15) is 6.54 Å². The average Bonchev–Trinajstić information content (AvgIpc) is 3.14. The molecule has 7 nitrogen and oxygen atoms in total. The maximum atomic E-state index is 11.8. The number of nitrogens with zero attached hydrogens (tertiary/aromatic N) is 3. The van der Waals surface area contributed by atoms with Crippen LogP contribution >= 0.6 is 0 Å². The molecule has 7 heteroatoms. The summed E-state index contributed by atoms with van der Waals surface area (Å²) in [5.41, 5.74) is 0. The highest BCUT2D eigenvalue weighted by molar-refractivity contribution is 5.84. The van der Waals surface area contributed by atoms with Crippen molar-refractivity contribution in [1.82, 2.24) is 20.4 Å². The number of aliphatic imine (C=N–C) groups is 1. The Morgan fingerprint density at radius 3 is 2.62 bits per heavy atom. The third-order valence-corrected chi connectivity index (χ3v) is 4.84. The highest BCUT2D eigenvalue weighted by atomic mass is 16.5. The molecule has 1 saturated heterocycles. The third kappa shape index (κ3) is 9.38. The van der Waals surface area contributed by atoms with Gasteiger partial charge < -0.3 is 25.2 Å². The molecule has 0 spiro atoms. The molecule has 0 aliphatic carbocycles. The van der Waals surface area contributed by atoms with Gasteiger partial charge in [-0.05, 0) is 45.8 Å². The Kier molecular flexibility index (Phi) is 11.3. The van der Waals surface area contributed by atoms with Gasteiger partial charge in [0.25, 0.3) is 0 Å². The standard InChI is InChI=1S/C19H39N5O2/c1-6-24(7-2)11-8-9-16(3)22-19(21-14-18(25)23(4)5)20-13-17-10-12-26-15-17/h16-17H,6-15H2,1-5H3,(H2,20,21,22). The van der Waals surface area contributed by atoms with Gasteiger partial charge >= 0.3 is 0 Å². The molecule has 1 aliphatic heterocycles. The SMILES string of the molecule is CCN(CC)CCCC(C)NC(=NCC(=O)N(C)C)NCC1CCOC1. The summed E-state index contributed by atoms with van der Waals surface area (Å²) in [6, 6.07) is 0.311. The Morgan fingerprint density at radius 1 is 1.31 bits per heavy atom. The van der Waals surface area contributed by atoms with Crippen LogP contribution in [0.5, 0.6) is 0 Å². The van der Waals surface area contributed by atoms with Crippen molar-refractivity contribution in [3.8, 4) is 0 Å². The Balaban J connectivity index is 2.47. The molecule has 2 N–H and O–H groups in total. The van der Waals surface area contributed by atoms with Gasteiger partial charge in [-0.2, -0.15) is 0 Å². The van der Waals surface area contributed by atoms with Crippen molar-refractivity contribution in [2.24, 2.45) is 10.9 Å². The normalized spacial score (nSPS) is 18.8. The third-order valence-electron chi connectivity index (χ3n) is 4.84. The second kappa shape index (κ2) is 12.9. The van der Waals surface area contributed by atoms with Gasteiger partial charge in [-0.3, -0.25) is 4.79 Å². The zero-order chi connectivity index (χ0) is 19.4. The van der Waals surface area contributed by atoms with Crippen molar-refractivity contribution in [1.29, 1.82) is 0 Å². The molecular formula is C19H39N5O2. The van der Waals surface area contributed by atoms with Gasteiger partial charge in [-0.15, -0.1) is 0 Å². The molecule has 0 aromatic carbocycles. The van der Waals surface area contributed by atoms with E-state index in [0.29, 0.717) is 12.0 Å². The zero-order valence-corrected chi connectivity index (χ0v) is 17.4. The minimum atomic E-state index is 0.00415. The van der Waals surface area contributed by atoms with E-state index in [9.17, 15) is 4.79 Å². The Morgan fingerprint density at radius 2 is 2.04 bits per heavy atom. The number of hydrogen-bond acceptors (Lipinski definition) is 4. The number of rotatable bonds is 11. The van der Waals surface area contributed by atoms with E-state index in [-0.39, 0.29) is 12.5 Å². The number of nitrogens with one attached hydrogen (secondary N) is 2. The van der Waals surface area contributed by atoms with E-state index in [2.05, 4.69) is 41.3 Å². The predicted molar refractivity (Wildman–Crippen MR) is 108 cm³/mol. The van der Waals surface area contributed by atoms with Crippen LogP contribution in [0.15, 0.2) is 4.99 Å². The van der Waals surface area contributed by atoms with E-state index < -0.39 is 0 Å². The lowest BCUT2D eigenvalue weighted by Crippen LogP contribution is -2.45. The molecular weight excluding hydrogens is 330 g/mol. The van der Waals surface area contributed by atoms with Crippen LogP contribution in [0.1, 0.15) is 40.0 Å². The molecule has 1 rings (SSSR count). The van der Waals surface area contributed by atoms with Crippen LogP contribution in [0.2, 0.25) is 0 Å². The lowest BCUT2D eigenvalue weighted by Gasteiger charge is -2.22. The van der Waals surface area contributed by atoms with E-state index in [4.69, 9.17) is 4.74 Å². The summed E-state index contributed by atoms with van der Waals surface area (Å²) >= 11 is 0. The summed E-state index contributed by atoms with van der Waals surface area (Å²) in [5.74, 6) is 1.25. The Bertz CT molecular complexity index is 418. The van der Waals surface area contributed by atoms with Crippen molar-refractivity contribution in [2.75, 3.05) is 60.0 Å². The first-order chi connectivity index (χ1) is 12.5. The van der Waals surface area contributed by atoms with Crippen LogP contribution in [-0.2, 0) is 9.53 Å². The van der Waals surface area contributed by atoms with Crippen LogP contribution in [0.25, 0.3) is 0 Å². The lowest BCUT2D eigenvalue weighted by atomic mass is 10.1. The molecule has 2 atom stereocenters. The molecule has 2 unspecified atom stereocenters. The van der Waals surface area contributed by atoms with Gasteiger partial charge in [-0.1, -0.05) is 13.8 Å². The molecule has 0 aromatic heterocycles. The summed E-state index contributed by atoms with van der Waals surface area (Å²) < 4.78 is 5.43. The monoisotopic (exact) mass is 369 g/mol. The van der Waals surface area contributed by atoms with E-state index in [1.165, 1.54) is 0 Å². The summed E-state index contributed by atoms with van der Waals surface area (Å²) in [6.45, 7) is 12.5. The van der Waals surface area contributed by atoms with Crippen LogP contribution in [0.4, 0.5) is 0 Å². The van der Waals surface area contributed by atoms with Crippen LogP contribution in [0.3, 0.4) is 0 Å². The fourth-order valence-corrected chi connectivity index (χ4v) is 2.89. The molecule has 1 aliphatic rings. The quantitative estimate of drug-likeness (QED) is 0.422. The topological polar surface area (TPSA) is 69.2 Å². The van der Waals surface area contributed by atoms with E-state index in [1.807, 2.05) is 0 Å². The highest BCUT2D eigenvalue weighted by Crippen LogP contribution is 2.10. The smallest absolute Gasteiger partial charge is 0.243 e. The number of ether oxygens (including phenoxy) is 1. The lowest BCUT2D eigenvalue weighted by molar-refractivity contribution is -0.127.